The van der Waals surface area contributed by atoms with Crippen LogP contribution in [0, 0.1) is 6.92 Å². The molecule has 0 aliphatic heterocycles. The highest BCUT2D eigenvalue weighted by Gasteiger charge is 2.10. The normalized spacial score (nSPS) is 10.9. The Hall–Kier alpha value is -2.07. The standard InChI is InChI=1S/C16H15N3S/c1-10-7-8-13-12(9-10)15(17)19-16(18-13)11-5-3-4-6-14(11)20-2/h3-9H,1-2H3,(H2,17,18,19). The van der Waals surface area contributed by atoms with Gasteiger partial charge in [0, 0.05) is 15.8 Å². The second-order valence-electron chi connectivity index (χ2n) is 4.65. The van der Waals surface area contributed by atoms with E-state index in [1.807, 2.05) is 49.6 Å². The average molecular weight is 281 g/mol. The van der Waals surface area contributed by atoms with Gasteiger partial charge in [-0.2, -0.15) is 0 Å². The Kier molecular flexibility index (Phi) is 3.32. The molecule has 0 amide bonds. The van der Waals surface area contributed by atoms with Crippen LogP contribution in [-0.4, -0.2) is 16.2 Å². The monoisotopic (exact) mass is 281 g/mol. The fourth-order valence-corrected chi connectivity index (χ4v) is 2.81. The van der Waals surface area contributed by atoms with Crippen molar-refractivity contribution in [2.45, 2.75) is 11.8 Å². The fraction of sp³-hybridized carbons (Fsp3) is 0.125. The van der Waals surface area contributed by atoms with E-state index < -0.39 is 0 Å². The summed E-state index contributed by atoms with van der Waals surface area (Å²) in [5.74, 6) is 1.22. The summed E-state index contributed by atoms with van der Waals surface area (Å²) in [6.07, 6.45) is 2.05. The number of hydrogen-bond acceptors (Lipinski definition) is 4. The number of thioether (sulfide) groups is 1. The summed E-state index contributed by atoms with van der Waals surface area (Å²) in [5.41, 5.74) is 9.16. The zero-order chi connectivity index (χ0) is 14.1. The lowest BCUT2D eigenvalue weighted by Gasteiger charge is -2.09. The van der Waals surface area contributed by atoms with Crippen molar-refractivity contribution in [3.05, 3.63) is 48.0 Å². The van der Waals surface area contributed by atoms with Crippen molar-refractivity contribution in [2.24, 2.45) is 0 Å². The third-order valence-corrected chi connectivity index (χ3v) is 4.02. The number of benzene rings is 2. The van der Waals surface area contributed by atoms with Crippen LogP contribution in [0.25, 0.3) is 22.3 Å². The molecule has 3 aromatic rings. The van der Waals surface area contributed by atoms with Gasteiger partial charge in [0.1, 0.15) is 5.82 Å². The van der Waals surface area contributed by atoms with Crippen LogP contribution in [0.2, 0.25) is 0 Å². The Morgan fingerprint density at radius 2 is 1.85 bits per heavy atom. The van der Waals surface area contributed by atoms with E-state index in [-0.39, 0.29) is 0 Å². The van der Waals surface area contributed by atoms with E-state index in [1.165, 1.54) is 0 Å². The number of nitrogens with two attached hydrogens (primary N) is 1. The molecule has 0 unspecified atom stereocenters. The second-order valence-corrected chi connectivity index (χ2v) is 5.50. The molecular formula is C16H15N3S. The maximum absolute atomic E-state index is 6.10. The Morgan fingerprint density at radius 3 is 2.65 bits per heavy atom. The van der Waals surface area contributed by atoms with Crippen molar-refractivity contribution < 1.29 is 0 Å². The van der Waals surface area contributed by atoms with E-state index in [1.54, 1.807) is 11.8 Å². The first-order chi connectivity index (χ1) is 9.69. The van der Waals surface area contributed by atoms with Crippen molar-refractivity contribution in [2.75, 3.05) is 12.0 Å². The van der Waals surface area contributed by atoms with Gasteiger partial charge in [0.05, 0.1) is 5.52 Å². The molecule has 0 saturated carbocycles. The third-order valence-electron chi connectivity index (χ3n) is 3.23. The zero-order valence-corrected chi connectivity index (χ0v) is 12.2. The van der Waals surface area contributed by atoms with Gasteiger partial charge >= 0.3 is 0 Å². The van der Waals surface area contributed by atoms with Crippen molar-refractivity contribution in [3.63, 3.8) is 0 Å². The Bertz CT molecular complexity index is 784. The molecule has 0 atom stereocenters. The minimum absolute atomic E-state index is 0.532. The number of nitrogen functional groups attached to an aromatic ring is 1. The molecule has 0 spiro atoms. The lowest BCUT2D eigenvalue weighted by atomic mass is 10.1. The smallest absolute Gasteiger partial charge is 0.163 e. The molecule has 0 aliphatic carbocycles. The SMILES string of the molecule is CSc1ccccc1-c1nc(N)c2cc(C)ccc2n1. The molecule has 0 saturated heterocycles. The van der Waals surface area contributed by atoms with Crippen LogP contribution < -0.4 is 5.73 Å². The van der Waals surface area contributed by atoms with Gasteiger partial charge in [0.15, 0.2) is 5.82 Å². The molecule has 0 bridgehead atoms. The summed E-state index contributed by atoms with van der Waals surface area (Å²) in [6, 6.07) is 14.2. The summed E-state index contributed by atoms with van der Waals surface area (Å²) in [6.45, 7) is 2.04. The minimum Gasteiger partial charge on any atom is -0.383 e. The first kappa shape index (κ1) is 12.9. The van der Waals surface area contributed by atoms with Crippen LogP contribution >= 0.6 is 11.8 Å². The molecule has 0 aliphatic rings. The number of aryl methyl sites for hydroxylation is 1. The molecule has 2 aromatic carbocycles. The molecule has 3 nitrogen and oxygen atoms in total. The molecule has 1 heterocycles. The highest BCUT2D eigenvalue weighted by molar-refractivity contribution is 7.98. The molecule has 1 aromatic heterocycles. The highest BCUT2D eigenvalue weighted by Crippen LogP contribution is 2.30. The first-order valence-corrected chi connectivity index (χ1v) is 7.59. The van der Waals surface area contributed by atoms with E-state index in [0.29, 0.717) is 11.6 Å². The van der Waals surface area contributed by atoms with E-state index in [0.717, 1.165) is 26.9 Å². The first-order valence-electron chi connectivity index (χ1n) is 6.36. The Balaban J connectivity index is 2.25. The van der Waals surface area contributed by atoms with Gasteiger partial charge in [-0.15, -0.1) is 11.8 Å². The molecule has 20 heavy (non-hydrogen) atoms. The maximum atomic E-state index is 6.10. The summed E-state index contributed by atoms with van der Waals surface area (Å²) in [7, 11) is 0. The number of fused-ring (bicyclic) bond motifs is 1. The molecular weight excluding hydrogens is 266 g/mol. The summed E-state index contributed by atoms with van der Waals surface area (Å²) < 4.78 is 0. The maximum Gasteiger partial charge on any atom is 0.163 e. The number of hydrogen-bond donors (Lipinski definition) is 1. The lowest BCUT2D eigenvalue weighted by molar-refractivity contribution is 1.21. The molecule has 2 N–H and O–H groups in total. The van der Waals surface area contributed by atoms with E-state index in [4.69, 9.17) is 5.73 Å². The number of aromatic nitrogens is 2. The topological polar surface area (TPSA) is 51.8 Å². The molecule has 4 heteroatoms. The van der Waals surface area contributed by atoms with Gasteiger partial charge in [-0.3, -0.25) is 0 Å². The second kappa shape index (κ2) is 5.13. The van der Waals surface area contributed by atoms with Crippen molar-refractivity contribution >= 4 is 28.5 Å². The van der Waals surface area contributed by atoms with Crippen LogP contribution in [0.15, 0.2) is 47.4 Å². The van der Waals surface area contributed by atoms with Gasteiger partial charge in [0.25, 0.3) is 0 Å². The van der Waals surface area contributed by atoms with Crippen LogP contribution in [-0.2, 0) is 0 Å². The zero-order valence-electron chi connectivity index (χ0n) is 11.4. The van der Waals surface area contributed by atoms with Gasteiger partial charge in [0.2, 0.25) is 0 Å². The van der Waals surface area contributed by atoms with Crippen molar-refractivity contribution in [1.82, 2.24) is 9.97 Å². The summed E-state index contributed by atoms with van der Waals surface area (Å²) in [4.78, 5) is 10.3. The Morgan fingerprint density at radius 1 is 1.05 bits per heavy atom. The van der Waals surface area contributed by atoms with E-state index >= 15 is 0 Å². The Labute approximate surface area is 122 Å². The number of rotatable bonds is 2. The molecule has 0 radical (unpaired) electrons. The van der Waals surface area contributed by atoms with Gasteiger partial charge in [-0.05, 0) is 31.4 Å². The van der Waals surface area contributed by atoms with Crippen LogP contribution in [0.3, 0.4) is 0 Å². The predicted molar refractivity (Wildman–Crippen MR) is 85.9 cm³/mol. The third kappa shape index (κ3) is 2.23. The van der Waals surface area contributed by atoms with Crippen molar-refractivity contribution in [3.8, 4) is 11.4 Å². The van der Waals surface area contributed by atoms with Crippen molar-refractivity contribution in [1.29, 1.82) is 0 Å². The van der Waals surface area contributed by atoms with Crippen LogP contribution in [0.1, 0.15) is 5.56 Å². The number of nitrogens with zero attached hydrogens (tertiary/aromatic N) is 2. The van der Waals surface area contributed by atoms with Gasteiger partial charge in [-0.1, -0.05) is 29.8 Å². The summed E-state index contributed by atoms with van der Waals surface area (Å²) >= 11 is 1.68. The molecule has 100 valence electrons. The fourth-order valence-electron chi connectivity index (χ4n) is 2.22. The largest absolute Gasteiger partial charge is 0.383 e. The lowest BCUT2D eigenvalue weighted by Crippen LogP contribution is -1.98. The number of anilines is 1. The van der Waals surface area contributed by atoms with Crippen LogP contribution in [0.4, 0.5) is 5.82 Å². The van der Waals surface area contributed by atoms with Gasteiger partial charge in [-0.25, -0.2) is 9.97 Å². The average Bonchev–Trinajstić information content (AvgIpc) is 2.47. The predicted octanol–water partition coefficient (Wildman–Crippen LogP) is 3.91. The quantitative estimate of drug-likeness (QED) is 0.724. The van der Waals surface area contributed by atoms with Crippen LogP contribution in [0.5, 0.6) is 0 Å². The highest BCUT2D eigenvalue weighted by atomic mass is 32.2. The molecule has 0 fully saturated rings. The van der Waals surface area contributed by atoms with E-state index in [9.17, 15) is 0 Å². The van der Waals surface area contributed by atoms with Gasteiger partial charge < -0.3 is 5.73 Å². The molecule has 3 rings (SSSR count). The minimum atomic E-state index is 0.532. The van der Waals surface area contributed by atoms with E-state index in [2.05, 4.69) is 16.0 Å². The summed E-state index contributed by atoms with van der Waals surface area (Å²) in [5, 5.41) is 0.912.